The van der Waals surface area contributed by atoms with Gasteiger partial charge in [-0.25, -0.2) is 4.98 Å². The third-order valence-corrected chi connectivity index (χ3v) is 7.54. The van der Waals surface area contributed by atoms with Crippen molar-refractivity contribution in [3.05, 3.63) is 76.6 Å². The number of H-pyrrole nitrogens is 1. The van der Waals surface area contributed by atoms with Crippen molar-refractivity contribution in [2.75, 3.05) is 20.1 Å². The van der Waals surface area contributed by atoms with Crippen LogP contribution in [-0.2, 0) is 0 Å². The van der Waals surface area contributed by atoms with Crippen LogP contribution in [-0.4, -0.2) is 40.9 Å². The fraction of sp³-hybridized carbons (Fsp3) is 0.310. The first-order valence-electron chi connectivity index (χ1n) is 12.0. The van der Waals surface area contributed by atoms with Gasteiger partial charge >= 0.3 is 0 Å². The lowest BCUT2D eigenvalue weighted by Crippen LogP contribution is -2.31. The van der Waals surface area contributed by atoms with Gasteiger partial charge in [0.15, 0.2) is 0 Å². The number of aromatic nitrogens is 2. The van der Waals surface area contributed by atoms with Crippen LogP contribution in [0.2, 0.25) is 0 Å². The van der Waals surface area contributed by atoms with Gasteiger partial charge in [-0.05, 0) is 98.6 Å². The lowest BCUT2D eigenvalue weighted by Gasteiger charge is -2.31. The minimum Gasteiger partial charge on any atom is -0.366 e. The third kappa shape index (κ3) is 3.90. The maximum atomic E-state index is 11.8. The van der Waals surface area contributed by atoms with Crippen LogP contribution in [0.5, 0.6) is 0 Å². The van der Waals surface area contributed by atoms with E-state index in [2.05, 4.69) is 48.1 Å². The number of amides is 1. The van der Waals surface area contributed by atoms with E-state index in [0.717, 1.165) is 45.4 Å². The Hall–Kier alpha value is -3.44. The quantitative estimate of drug-likeness (QED) is 0.415. The number of nitrogens with one attached hydrogen (secondary N) is 1. The van der Waals surface area contributed by atoms with Crippen LogP contribution < -0.4 is 5.73 Å². The fourth-order valence-electron chi connectivity index (χ4n) is 5.50. The zero-order valence-corrected chi connectivity index (χ0v) is 20.4. The van der Waals surface area contributed by atoms with Gasteiger partial charge in [0.1, 0.15) is 5.65 Å². The molecule has 174 valence electrons. The van der Waals surface area contributed by atoms with Crippen molar-refractivity contribution in [2.45, 2.75) is 39.5 Å². The van der Waals surface area contributed by atoms with Crippen LogP contribution in [0.4, 0.5) is 0 Å². The highest BCUT2D eigenvalue weighted by Crippen LogP contribution is 2.36. The number of hydrogen-bond acceptors (Lipinski definition) is 3. The molecule has 1 unspecified atom stereocenters. The molecule has 5 rings (SSSR count). The molecule has 0 saturated carbocycles. The number of nitrogens with two attached hydrogens (primary N) is 1. The second kappa shape index (κ2) is 8.73. The lowest BCUT2D eigenvalue weighted by atomic mass is 9.86. The molecule has 1 aliphatic rings. The molecule has 3 N–H and O–H groups in total. The van der Waals surface area contributed by atoms with Gasteiger partial charge in [0.25, 0.3) is 0 Å². The summed E-state index contributed by atoms with van der Waals surface area (Å²) in [7, 11) is 2.22. The first-order chi connectivity index (χ1) is 16.3. The summed E-state index contributed by atoms with van der Waals surface area (Å²) in [5.74, 6) is 0.216. The number of hydrogen-bond donors (Lipinski definition) is 2. The lowest BCUT2D eigenvalue weighted by molar-refractivity contribution is 0.0999. The smallest absolute Gasteiger partial charge is 0.248 e. The monoisotopic (exact) mass is 452 g/mol. The van der Waals surface area contributed by atoms with Gasteiger partial charge in [0.05, 0.1) is 0 Å². The Morgan fingerprint density at radius 3 is 2.62 bits per heavy atom. The number of carbonyl (C=O) groups excluding carboxylic acids is 1. The molecule has 4 aromatic rings. The highest BCUT2D eigenvalue weighted by molar-refractivity contribution is 5.99. The maximum absolute atomic E-state index is 11.8. The molecular formula is C29H32N4O. The van der Waals surface area contributed by atoms with Crippen LogP contribution in [0.1, 0.15) is 51.4 Å². The zero-order valence-electron chi connectivity index (χ0n) is 20.4. The average molecular weight is 453 g/mol. The molecule has 0 spiro atoms. The van der Waals surface area contributed by atoms with Crippen molar-refractivity contribution in [3.8, 4) is 22.3 Å². The second-order valence-electron chi connectivity index (χ2n) is 9.77. The second-order valence-corrected chi connectivity index (χ2v) is 9.77. The molecule has 34 heavy (non-hydrogen) atoms. The van der Waals surface area contributed by atoms with Gasteiger partial charge in [-0.3, -0.25) is 4.79 Å². The summed E-state index contributed by atoms with van der Waals surface area (Å²) >= 11 is 0. The van der Waals surface area contributed by atoms with Crippen LogP contribution in [0.25, 0.3) is 33.3 Å². The summed E-state index contributed by atoms with van der Waals surface area (Å²) in [5.41, 5.74) is 16.2. The summed E-state index contributed by atoms with van der Waals surface area (Å²) in [4.78, 5) is 22.2. The SMILES string of the molecule is Cc1cc(-c2cnc3[nH]cc(-c4ccc(C(N)=O)c(C)c4C)c3c2)ccc1C1CCCN(C)C1. The minimum atomic E-state index is -0.395. The van der Waals surface area contributed by atoms with Crippen molar-refractivity contribution < 1.29 is 4.79 Å². The number of aryl methyl sites for hydroxylation is 1. The number of primary amides is 1. The fourth-order valence-corrected chi connectivity index (χ4v) is 5.50. The zero-order chi connectivity index (χ0) is 24.0. The Bertz CT molecular complexity index is 1400. The van der Waals surface area contributed by atoms with Crippen LogP contribution in [0.15, 0.2) is 48.8 Å². The Labute approximate surface area is 201 Å². The summed E-state index contributed by atoms with van der Waals surface area (Å²) in [6.07, 6.45) is 6.47. The van der Waals surface area contributed by atoms with E-state index in [1.165, 1.54) is 36.1 Å². The van der Waals surface area contributed by atoms with Crippen LogP contribution in [0.3, 0.4) is 0 Å². The van der Waals surface area contributed by atoms with Gasteiger partial charge in [0, 0.05) is 41.0 Å². The predicted octanol–water partition coefficient (Wildman–Crippen LogP) is 5.73. The number of likely N-dealkylation sites (N-methyl/N-ethyl adjacent to an activating group) is 1. The van der Waals surface area contributed by atoms with E-state index in [1.807, 2.05) is 38.4 Å². The summed E-state index contributed by atoms with van der Waals surface area (Å²) in [5, 5.41) is 1.07. The van der Waals surface area contributed by atoms with Gasteiger partial charge in [-0.1, -0.05) is 24.3 Å². The standard InChI is InChI=1S/C29H32N4O/c1-17-12-20(7-8-23(17)21-6-5-11-33(4)16-21)22-13-26-27(15-32-29(26)31-14-22)24-9-10-25(28(30)34)19(3)18(24)2/h7-10,12-15,21H,5-6,11,16H2,1-4H3,(H2,30,34)(H,31,32). The summed E-state index contributed by atoms with van der Waals surface area (Å²) in [6.45, 7) is 8.55. The maximum Gasteiger partial charge on any atom is 0.248 e. The van der Waals surface area contributed by atoms with E-state index in [1.54, 1.807) is 0 Å². The average Bonchev–Trinajstić information content (AvgIpc) is 3.23. The molecule has 3 heterocycles. The summed E-state index contributed by atoms with van der Waals surface area (Å²) in [6, 6.07) is 12.9. The molecule has 1 amide bonds. The Morgan fingerprint density at radius 1 is 1.06 bits per heavy atom. The first-order valence-corrected chi connectivity index (χ1v) is 12.0. The minimum absolute atomic E-state index is 0.395. The largest absolute Gasteiger partial charge is 0.366 e. The Morgan fingerprint density at radius 2 is 1.88 bits per heavy atom. The number of fused-ring (bicyclic) bond motifs is 1. The molecule has 5 nitrogen and oxygen atoms in total. The topological polar surface area (TPSA) is 75.0 Å². The van der Waals surface area contributed by atoms with Gasteiger partial charge in [-0.2, -0.15) is 0 Å². The van der Waals surface area contributed by atoms with Gasteiger partial charge < -0.3 is 15.6 Å². The van der Waals surface area contributed by atoms with E-state index < -0.39 is 5.91 Å². The van der Waals surface area contributed by atoms with E-state index in [-0.39, 0.29) is 0 Å². The molecule has 2 aromatic heterocycles. The molecule has 1 aliphatic heterocycles. The van der Waals surface area contributed by atoms with E-state index in [4.69, 9.17) is 10.7 Å². The Kier molecular flexibility index (Phi) is 5.74. The van der Waals surface area contributed by atoms with Gasteiger partial charge in [-0.15, -0.1) is 0 Å². The van der Waals surface area contributed by atoms with Gasteiger partial charge in [0.2, 0.25) is 5.91 Å². The van der Waals surface area contributed by atoms with Crippen LogP contribution >= 0.6 is 0 Å². The van der Waals surface area contributed by atoms with Crippen molar-refractivity contribution in [1.82, 2.24) is 14.9 Å². The number of aromatic amines is 1. The molecule has 0 radical (unpaired) electrons. The van der Waals surface area contributed by atoms with Crippen molar-refractivity contribution >= 4 is 16.9 Å². The number of piperidine rings is 1. The molecule has 1 atom stereocenters. The van der Waals surface area contributed by atoms with Crippen LogP contribution in [0, 0.1) is 20.8 Å². The number of carbonyl (C=O) groups is 1. The molecule has 0 bridgehead atoms. The number of likely N-dealkylation sites (tertiary alicyclic amines) is 1. The molecule has 2 aromatic carbocycles. The molecule has 0 aliphatic carbocycles. The number of rotatable bonds is 4. The highest BCUT2D eigenvalue weighted by Gasteiger charge is 2.21. The number of benzene rings is 2. The number of nitrogens with zero attached hydrogens (tertiary/aromatic N) is 2. The highest BCUT2D eigenvalue weighted by atomic mass is 16.1. The molecular weight excluding hydrogens is 420 g/mol. The molecule has 1 saturated heterocycles. The summed E-state index contributed by atoms with van der Waals surface area (Å²) < 4.78 is 0. The first kappa shape index (κ1) is 22.4. The normalized spacial score (nSPS) is 16.8. The van der Waals surface area contributed by atoms with Crippen molar-refractivity contribution in [3.63, 3.8) is 0 Å². The third-order valence-electron chi connectivity index (χ3n) is 7.54. The van der Waals surface area contributed by atoms with E-state index in [0.29, 0.717) is 11.5 Å². The van der Waals surface area contributed by atoms with E-state index >= 15 is 0 Å². The van der Waals surface area contributed by atoms with E-state index in [9.17, 15) is 4.79 Å². The Balaban J connectivity index is 1.54. The number of pyridine rings is 1. The molecule has 1 fully saturated rings. The van der Waals surface area contributed by atoms with Crippen molar-refractivity contribution in [1.29, 1.82) is 0 Å². The van der Waals surface area contributed by atoms with Crippen molar-refractivity contribution in [2.24, 2.45) is 5.73 Å². The molecule has 5 heteroatoms. The predicted molar refractivity (Wildman–Crippen MR) is 139 cm³/mol.